The van der Waals surface area contributed by atoms with Gasteiger partial charge in [-0.1, -0.05) is 6.07 Å². The minimum atomic E-state index is -0.0884. The molecule has 2 amide bonds. The van der Waals surface area contributed by atoms with Crippen molar-refractivity contribution >= 4 is 23.2 Å². The molecular weight excluding hydrogens is 342 g/mol. The van der Waals surface area contributed by atoms with Crippen LogP contribution in [0.15, 0.2) is 65.5 Å². The molecule has 1 N–H and O–H groups in total. The average Bonchev–Trinajstić information content (AvgIpc) is 3.36. The highest BCUT2D eigenvalue weighted by molar-refractivity contribution is 6.07. The Morgan fingerprint density at radius 1 is 1.19 bits per heavy atom. The molecule has 3 heterocycles. The van der Waals surface area contributed by atoms with Crippen molar-refractivity contribution in [2.24, 2.45) is 0 Å². The van der Waals surface area contributed by atoms with Gasteiger partial charge in [0.25, 0.3) is 5.91 Å². The number of rotatable bonds is 5. The summed E-state index contributed by atoms with van der Waals surface area (Å²) in [6, 6.07) is 12.9. The zero-order valence-electron chi connectivity index (χ0n) is 14.7. The van der Waals surface area contributed by atoms with Crippen LogP contribution in [-0.2, 0) is 17.6 Å². The number of benzene rings is 1. The van der Waals surface area contributed by atoms with E-state index in [0.29, 0.717) is 30.6 Å². The van der Waals surface area contributed by atoms with E-state index in [1.807, 2.05) is 30.3 Å². The summed E-state index contributed by atoms with van der Waals surface area (Å²) in [5, 5.41) is 2.90. The maximum Gasteiger partial charge on any atom is 0.259 e. The van der Waals surface area contributed by atoms with Gasteiger partial charge >= 0.3 is 0 Å². The summed E-state index contributed by atoms with van der Waals surface area (Å²) in [5.74, 6) is 0.616. The lowest BCUT2D eigenvalue weighted by Crippen LogP contribution is -2.29. The van der Waals surface area contributed by atoms with Crippen LogP contribution < -0.4 is 10.2 Å². The second-order valence-corrected chi connectivity index (χ2v) is 6.42. The van der Waals surface area contributed by atoms with Crippen LogP contribution in [0.2, 0.25) is 0 Å². The average molecular weight is 361 g/mol. The minimum Gasteiger partial charge on any atom is -0.469 e. The molecule has 0 saturated heterocycles. The van der Waals surface area contributed by atoms with E-state index in [9.17, 15) is 9.59 Å². The second-order valence-electron chi connectivity index (χ2n) is 6.42. The van der Waals surface area contributed by atoms with E-state index in [-0.39, 0.29) is 11.8 Å². The molecule has 0 unspecified atom stereocenters. The van der Waals surface area contributed by atoms with Gasteiger partial charge in [-0.3, -0.25) is 14.6 Å². The standard InChI is InChI=1S/C21H19N3O3/c25-20(8-7-18-4-2-12-27-18)23-17-6-5-15-9-11-24(19(15)13-17)21(26)16-3-1-10-22-14-16/h1-6,10,12-14H,7-9,11H2,(H,23,25). The normalized spacial score (nSPS) is 12.7. The first-order valence-electron chi connectivity index (χ1n) is 8.88. The predicted molar refractivity (Wildman–Crippen MR) is 102 cm³/mol. The maximum atomic E-state index is 12.8. The Labute approximate surface area is 156 Å². The maximum absolute atomic E-state index is 12.8. The number of nitrogens with zero attached hydrogens (tertiary/aromatic N) is 2. The summed E-state index contributed by atoms with van der Waals surface area (Å²) < 4.78 is 5.25. The zero-order chi connectivity index (χ0) is 18.6. The number of hydrogen-bond acceptors (Lipinski definition) is 4. The third-order valence-corrected chi connectivity index (χ3v) is 4.60. The number of hydrogen-bond donors (Lipinski definition) is 1. The Morgan fingerprint density at radius 2 is 2.11 bits per heavy atom. The number of amides is 2. The first kappa shape index (κ1) is 17.0. The lowest BCUT2D eigenvalue weighted by molar-refractivity contribution is -0.116. The molecule has 6 nitrogen and oxygen atoms in total. The van der Waals surface area contributed by atoms with E-state index >= 15 is 0 Å². The van der Waals surface area contributed by atoms with Gasteiger partial charge in [0.2, 0.25) is 5.91 Å². The number of aryl methyl sites for hydroxylation is 1. The van der Waals surface area contributed by atoms with Crippen LogP contribution >= 0.6 is 0 Å². The summed E-state index contributed by atoms with van der Waals surface area (Å²) in [4.78, 5) is 30.7. The van der Waals surface area contributed by atoms with Crippen LogP contribution in [0.25, 0.3) is 0 Å². The molecule has 0 bridgehead atoms. The molecule has 0 atom stereocenters. The van der Waals surface area contributed by atoms with Crippen LogP contribution in [0.4, 0.5) is 11.4 Å². The largest absolute Gasteiger partial charge is 0.469 e. The quantitative estimate of drug-likeness (QED) is 0.755. The number of pyridine rings is 1. The summed E-state index contributed by atoms with van der Waals surface area (Å²) >= 11 is 0. The van der Waals surface area contributed by atoms with Gasteiger partial charge < -0.3 is 14.6 Å². The van der Waals surface area contributed by atoms with E-state index in [4.69, 9.17) is 4.42 Å². The molecule has 0 fully saturated rings. The smallest absolute Gasteiger partial charge is 0.259 e. The number of fused-ring (bicyclic) bond motifs is 1. The Bertz CT molecular complexity index is 952. The van der Waals surface area contributed by atoms with E-state index in [0.717, 1.165) is 23.4 Å². The molecule has 0 aliphatic carbocycles. The van der Waals surface area contributed by atoms with Gasteiger partial charge in [-0.05, 0) is 48.4 Å². The van der Waals surface area contributed by atoms with Gasteiger partial charge in [-0.25, -0.2) is 0 Å². The first-order valence-corrected chi connectivity index (χ1v) is 8.88. The summed E-state index contributed by atoms with van der Waals surface area (Å²) in [5.41, 5.74) is 3.18. The van der Waals surface area contributed by atoms with Crippen LogP contribution in [-0.4, -0.2) is 23.3 Å². The van der Waals surface area contributed by atoms with E-state index in [1.165, 1.54) is 0 Å². The van der Waals surface area contributed by atoms with Crippen molar-refractivity contribution < 1.29 is 14.0 Å². The van der Waals surface area contributed by atoms with Crippen molar-refractivity contribution in [3.63, 3.8) is 0 Å². The molecule has 3 aromatic rings. The van der Waals surface area contributed by atoms with Gasteiger partial charge in [0.1, 0.15) is 5.76 Å². The van der Waals surface area contributed by atoms with E-state index in [1.54, 1.807) is 35.7 Å². The molecule has 2 aromatic heterocycles. The van der Waals surface area contributed by atoms with Crippen molar-refractivity contribution in [2.75, 3.05) is 16.8 Å². The monoisotopic (exact) mass is 361 g/mol. The number of nitrogens with one attached hydrogen (secondary N) is 1. The van der Waals surface area contributed by atoms with Crippen LogP contribution in [0.3, 0.4) is 0 Å². The van der Waals surface area contributed by atoms with E-state index < -0.39 is 0 Å². The summed E-state index contributed by atoms with van der Waals surface area (Å²) in [7, 11) is 0. The van der Waals surface area contributed by atoms with Gasteiger partial charge in [-0.2, -0.15) is 0 Å². The highest BCUT2D eigenvalue weighted by Gasteiger charge is 2.26. The van der Waals surface area contributed by atoms with Gasteiger partial charge in [-0.15, -0.1) is 0 Å². The van der Waals surface area contributed by atoms with E-state index in [2.05, 4.69) is 10.3 Å². The fourth-order valence-corrected chi connectivity index (χ4v) is 3.23. The predicted octanol–water partition coefficient (Wildman–Crippen LogP) is 3.45. The molecule has 136 valence electrons. The number of furan rings is 1. The van der Waals surface area contributed by atoms with Gasteiger partial charge in [0.15, 0.2) is 0 Å². The summed E-state index contributed by atoms with van der Waals surface area (Å²) in [6.07, 6.45) is 6.50. The van der Waals surface area contributed by atoms with Crippen molar-refractivity contribution in [1.82, 2.24) is 4.98 Å². The zero-order valence-corrected chi connectivity index (χ0v) is 14.7. The Hall–Kier alpha value is -3.41. The number of aromatic nitrogens is 1. The number of carbonyl (C=O) groups excluding carboxylic acids is 2. The van der Waals surface area contributed by atoms with Gasteiger partial charge in [0.05, 0.1) is 11.8 Å². The SMILES string of the molecule is O=C(CCc1ccco1)Nc1ccc2c(c1)N(C(=O)c1cccnc1)CC2. The molecule has 0 saturated carbocycles. The first-order chi connectivity index (χ1) is 13.2. The Morgan fingerprint density at radius 3 is 2.89 bits per heavy atom. The van der Waals surface area contributed by atoms with Crippen molar-refractivity contribution in [3.05, 3.63) is 78.0 Å². The van der Waals surface area contributed by atoms with Crippen molar-refractivity contribution in [1.29, 1.82) is 0 Å². The van der Waals surface area contributed by atoms with Crippen molar-refractivity contribution in [2.45, 2.75) is 19.3 Å². The highest BCUT2D eigenvalue weighted by atomic mass is 16.3. The molecule has 0 spiro atoms. The Balaban J connectivity index is 1.46. The van der Waals surface area contributed by atoms with Crippen molar-refractivity contribution in [3.8, 4) is 0 Å². The second kappa shape index (κ2) is 7.45. The van der Waals surface area contributed by atoms with Crippen LogP contribution in [0.1, 0.15) is 28.1 Å². The molecule has 1 aliphatic rings. The topological polar surface area (TPSA) is 75.4 Å². The third kappa shape index (κ3) is 3.74. The molecule has 0 radical (unpaired) electrons. The third-order valence-electron chi connectivity index (χ3n) is 4.60. The lowest BCUT2D eigenvalue weighted by Gasteiger charge is -2.18. The van der Waals surface area contributed by atoms with Crippen LogP contribution in [0, 0.1) is 0 Å². The highest BCUT2D eigenvalue weighted by Crippen LogP contribution is 2.32. The number of carbonyl (C=O) groups is 2. The molecule has 27 heavy (non-hydrogen) atoms. The van der Waals surface area contributed by atoms with Crippen LogP contribution in [0.5, 0.6) is 0 Å². The molecule has 1 aromatic carbocycles. The summed E-state index contributed by atoms with van der Waals surface area (Å²) in [6.45, 7) is 0.624. The fourth-order valence-electron chi connectivity index (χ4n) is 3.23. The molecule has 4 rings (SSSR count). The molecule has 1 aliphatic heterocycles. The Kier molecular flexibility index (Phi) is 4.70. The molecule has 6 heteroatoms. The fraction of sp³-hybridized carbons (Fsp3) is 0.190. The number of anilines is 2. The minimum absolute atomic E-state index is 0.0804. The molecular formula is C21H19N3O3. The lowest BCUT2D eigenvalue weighted by atomic mass is 10.1. The van der Waals surface area contributed by atoms with Gasteiger partial charge in [0, 0.05) is 43.2 Å².